The highest BCUT2D eigenvalue weighted by Crippen LogP contribution is 2.38. The van der Waals surface area contributed by atoms with Gasteiger partial charge in [0.25, 0.3) is 0 Å². The number of fused-ring (bicyclic) bond motifs is 1. The van der Waals surface area contributed by atoms with E-state index >= 15 is 0 Å². The Balaban J connectivity index is 3.04. The van der Waals surface area contributed by atoms with Crippen molar-refractivity contribution in [3.05, 3.63) is 37.4 Å². The van der Waals surface area contributed by atoms with Gasteiger partial charge >= 0.3 is 0 Å². The second-order valence-electron chi connectivity index (χ2n) is 3.13. The summed E-state index contributed by atoms with van der Waals surface area (Å²) >= 11 is 21.6. The van der Waals surface area contributed by atoms with Gasteiger partial charge in [0.05, 0.1) is 20.6 Å². The van der Waals surface area contributed by atoms with Crippen molar-refractivity contribution in [1.29, 1.82) is 0 Å². The van der Waals surface area contributed by atoms with Gasteiger partial charge in [-0.15, -0.1) is 0 Å². The molecule has 0 aliphatic rings. The van der Waals surface area contributed by atoms with Crippen molar-refractivity contribution in [3.8, 4) is 0 Å². The van der Waals surface area contributed by atoms with E-state index in [9.17, 15) is 0 Å². The molecule has 78 valence electrons. The third-order valence-corrected chi connectivity index (χ3v) is 3.98. The predicted octanol–water partition coefficient (Wildman–Crippen LogP) is 5.27. The molecule has 0 bridgehead atoms. The minimum absolute atomic E-state index is 0.406. The molecule has 5 heteroatoms. The summed E-state index contributed by atoms with van der Waals surface area (Å²) in [7, 11) is 0. The Labute approximate surface area is 110 Å². The third-order valence-electron chi connectivity index (χ3n) is 2.11. The zero-order chi connectivity index (χ0) is 11.2. The first-order chi connectivity index (χ1) is 7.02. The molecular formula is C10H5BrCl3N. The smallest absolute Gasteiger partial charge is 0.0875 e. The topological polar surface area (TPSA) is 12.9 Å². The van der Waals surface area contributed by atoms with Crippen molar-refractivity contribution in [1.82, 2.24) is 4.98 Å². The maximum Gasteiger partial charge on any atom is 0.0875 e. The van der Waals surface area contributed by atoms with Crippen LogP contribution in [0.2, 0.25) is 15.1 Å². The molecule has 1 heterocycles. The summed E-state index contributed by atoms with van der Waals surface area (Å²) in [6.45, 7) is 1.91. The molecule has 0 radical (unpaired) electrons. The van der Waals surface area contributed by atoms with Crippen LogP contribution in [-0.4, -0.2) is 4.98 Å². The fourth-order valence-corrected chi connectivity index (χ4v) is 2.67. The highest BCUT2D eigenvalue weighted by Gasteiger charge is 2.13. The molecule has 1 nitrogen and oxygen atoms in total. The summed E-state index contributed by atoms with van der Waals surface area (Å²) in [4.78, 5) is 4.20. The van der Waals surface area contributed by atoms with Gasteiger partial charge in [0, 0.05) is 16.1 Å². The van der Waals surface area contributed by atoms with Gasteiger partial charge in [-0.1, -0.05) is 34.8 Å². The molecule has 0 N–H and O–H groups in total. The lowest BCUT2D eigenvalue weighted by Crippen LogP contribution is -1.87. The number of hydrogen-bond donors (Lipinski definition) is 0. The summed E-state index contributed by atoms with van der Waals surface area (Å²) in [5.41, 5.74) is 1.65. The lowest BCUT2D eigenvalue weighted by atomic mass is 10.1. The number of benzene rings is 1. The molecule has 0 atom stereocenters. The van der Waals surface area contributed by atoms with E-state index in [1.165, 1.54) is 6.20 Å². The van der Waals surface area contributed by atoms with Gasteiger partial charge in [-0.3, -0.25) is 4.98 Å². The number of hydrogen-bond acceptors (Lipinski definition) is 1. The SMILES string of the molecule is Cc1cc(Br)c2ncc(Cl)c(Cl)c2c1Cl. The van der Waals surface area contributed by atoms with Crippen LogP contribution in [-0.2, 0) is 0 Å². The number of nitrogens with zero attached hydrogens (tertiary/aromatic N) is 1. The Morgan fingerprint density at radius 3 is 2.53 bits per heavy atom. The average Bonchev–Trinajstić information content (AvgIpc) is 2.19. The Morgan fingerprint density at radius 2 is 1.87 bits per heavy atom. The summed E-state index contributed by atoms with van der Waals surface area (Å²) in [6, 6.07) is 1.90. The van der Waals surface area contributed by atoms with E-state index in [2.05, 4.69) is 20.9 Å². The van der Waals surface area contributed by atoms with E-state index in [1.54, 1.807) is 0 Å². The minimum Gasteiger partial charge on any atom is -0.253 e. The van der Waals surface area contributed by atoms with Crippen molar-refractivity contribution >= 4 is 61.6 Å². The van der Waals surface area contributed by atoms with Crippen molar-refractivity contribution in [2.24, 2.45) is 0 Å². The van der Waals surface area contributed by atoms with E-state index in [4.69, 9.17) is 34.8 Å². The number of rotatable bonds is 0. The normalized spacial score (nSPS) is 11.0. The van der Waals surface area contributed by atoms with E-state index in [0.717, 1.165) is 15.6 Å². The van der Waals surface area contributed by atoms with Gasteiger partial charge in [0.2, 0.25) is 0 Å². The molecule has 0 unspecified atom stereocenters. The second kappa shape index (κ2) is 4.10. The maximum absolute atomic E-state index is 6.17. The molecular weight excluding hydrogens is 320 g/mol. The summed E-state index contributed by atoms with van der Waals surface area (Å²) in [5.74, 6) is 0. The molecule has 0 saturated heterocycles. The van der Waals surface area contributed by atoms with Crippen molar-refractivity contribution < 1.29 is 0 Å². The van der Waals surface area contributed by atoms with Gasteiger partial charge in [-0.25, -0.2) is 0 Å². The number of halogens is 4. The first kappa shape index (κ1) is 11.5. The molecule has 0 amide bonds. The highest BCUT2D eigenvalue weighted by atomic mass is 79.9. The van der Waals surface area contributed by atoms with Crippen LogP contribution in [0.25, 0.3) is 10.9 Å². The Kier molecular flexibility index (Phi) is 3.13. The number of aryl methyl sites for hydroxylation is 1. The van der Waals surface area contributed by atoms with Gasteiger partial charge in [0.15, 0.2) is 0 Å². The van der Waals surface area contributed by atoms with Crippen LogP contribution in [0, 0.1) is 6.92 Å². The van der Waals surface area contributed by atoms with Crippen LogP contribution < -0.4 is 0 Å². The van der Waals surface area contributed by atoms with Gasteiger partial charge in [-0.05, 0) is 34.5 Å². The highest BCUT2D eigenvalue weighted by molar-refractivity contribution is 9.10. The summed E-state index contributed by atoms with van der Waals surface area (Å²) < 4.78 is 0.859. The first-order valence-electron chi connectivity index (χ1n) is 4.10. The van der Waals surface area contributed by atoms with Crippen LogP contribution in [0.5, 0.6) is 0 Å². The van der Waals surface area contributed by atoms with E-state index in [0.29, 0.717) is 20.5 Å². The monoisotopic (exact) mass is 323 g/mol. The minimum atomic E-state index is 0.406. The van der Waals surface area contributed by atoms with Crippen molar-refractivity contribution in [2.45, 2.75) is 6.92 Å². The predicted molar refractivity (Wildman–Crippen MR) is 69.2 cm³/mol. The summed E-state index contributed by atoms with van der Waals surface area (Å²) in [6.07, 6.45) is 1.52. The Bertz CT molecular complexity index is 546. The second-order valence-corrected chi connectivity index (χ2v) is 5.15. The molecule has 0 fully saturated rings. The Hall–Kier alpha value is -0.0200. The van der Waals surface area contributed by atoms with Gasteiger partial charge in [0.1, 0.15) is 0 Å². The molecule has 0 spiro atoms. The lowest BCUT2D eigenvalue weighted by molar-refractivity contribution is 1.38. The van der Waals surface area contributed by atoms with Gasteiger partial charge < -0.3 is 0 Å². The molecule has 0 aliphatic carbocycles. The van der Waals surface area contributed by atoms with E-state index in [-0.39, 0.29) is 0 Å². The van der Waals surface area contributed by atoms with Crippen LogP contribution in [0.3, 0.4) is 0 Å². The third kappa shape index (κ3) is 1.84. The fourth-order valence-electron chi connectivity index (χ4n) is 1.37. The van der Waals surface area contributed by atoms with Crippen LogP contribution >= 0.6 is 50.7 Å². The molecule has 15 heavy (non-hydrogen) atoms. The quantitative estimate of drug-likeness (QED) is 0.643. The average molecular weight is 325 g/mol. The van der Waals surface area contributed by atoms with Crippen molar-refractivity contribution in [3.63, 3.8) is 0 Å². The van der Waals surface area contributed by atoms with Crippen LogP contribution in [0.4, 0.5) is 0 Å². The fraction of sp³-hybridized carbons (Fsp3) is 0.100. The van der Waals surface area contributed by atoms with Gasteiger partial charge in [-0.2, -0.15) is 0 Å². The lowest BCUT2D eigenvalue weighted by Gasteiger charge is -2.08. The first-order valence-corrected chi connectivity index (χ1v) is 6.03. The largest absolute Gasteiger partial charge is 0.253 e. The van der Waals surface area contributed by atoms with E-state index in [1.807, 2.05) is 13.0 Å². The zero-order valence-corrected chi connectivity index (χ0v) is 11.5. The van der Waals surface area contributed by atoms with E-state index < -0.39 is 0 Å². The molecule has 2 aromatic rings. The van der Waals surface area contributed by atoms with Crippen molar-refractivity contribution in [2.75, 3.05) is 0 Å². The number of aromatic nitrogens is 1. The molecule has 2 rings (SSSR count). The molecule has 0 aliphatic heterocycles. The molecule has 1 aromatic heterocycles. The van der Waals surface area contributed by atoms with Crippen LogP contribution in [0.15, 0.2) is 16.7 Å². The zero-order valence-electron chi connectivity index (χ0n) is 7.61. The van der Waals surface area contributed by atoms with Crippen LogP contribution in [0.1, 0.15) is 5.56 Å². The Morgan fingerprint density at radius 1 is 1.20 bits per heavy atom. The maximum atomic E-state index is 6.17. The standard InChI is InChI=1S/C10H5BrCl3N/c1-4-2-5(11)10-7(8(4)13)9(14)6(12)3-15-10/h2-3H,1H3. The molecule has 0 saturated carbocycles. The number of pyridine rings is 1. The molecule has 1 aromatic carbocycles. The summed E-state index contributed by atoms with van der Waals surface area (Å²) in [5, 5.41) is 2.13.